The van der Waals surface area contributed by atoms with Crippen molar-refractivity contribution < 1.29 is 14.3 Å². The van der Waals surface area contributed by atoms with E-state index in [2.05, 4.69) is 10.6 Å². The first-order valence-electron chi connectivity index (χ1n) is 9.99. The molecule has 1 aromatic heterocycles. The van der Waals surface area contributed by atoms with E-state index in [1.54, 1.807) is 36.6 Å². The SMILES string of the molecule is CCOCCCN1C(=S)NC(c2ccsc2)C(C(=O)Nc2ccc(Cl)cc2OC)=C1C. The second kappa shape index (κ2) is 10.9. The molecule has 9 heteroatoms. The Morgan fingerprint density at radius 3 is 2.87 bits per heavy atom. The summed E-state index contributed by atoms with van der Waals surface area (Å²) in [5.74, 6) is 0.276. The van der Waals surface area contributed by atoms with Gasteiger partial charge in [0.2, 0.25) is 0 Å². The van der Waals surface area contributed by atoms with Gasteiger partial charge in [-0.1, -0.05) is 11.6 Å². The molecule has 1 amide bonds. The fraction of sp³-hybridized carbons (Fsp3) is 0.364. The van der Waals surface area contributed by atoms with Crippen LogP contribution >= 0.6 is 35.2 Å². The van der Waals surface area contributed by atoms with E-state index in [0.717, 1.165) is 17.7 Å². The number of benzene rings is 1. The molecule has 0 aliphatic carbocycles. The first-order chi connectivity index (χ1) is 15.0. The van der Waals surface area contributed by atoms with E-state index in [1.807, 2.05) is 35.6 Å². The van der Waals surface area contributed by atoms with Crippen LogP contribution in [-0.4, -0.2) is 42.8 Å². The molecule has 1 atom stereocenters. The van der Waals surface area contributed by atoms with Crippen molar-refractivity contribution in [2.24, 2.45) is 0 Å². The molecule has 1 aliphatic rings. The summed E-state index contributed by atoms with van der Waals surface area (Å²) in [6, 6.07) is 6.78. The number of ether oxygens (including phenoxy) is 2. The van der Waals surface area contributed by atoms with Crippen LogP contribution in [0.3, 0.4) is 0 Å². The van der Waals surface area contributed by atoms with Crippen molar-refractivity contribution in [1.82, 2.24) is 10.2 Å². The summed E-state index contributed by atoms with van der Waals surface area (Å²) in [7, 11) is 1.54. The van der Waals surface area contributed by atoms with E-state index in [1.165, 1.54) is 0 Å². The largest absolute Gasteiger partial charge is 0.495 e. The monoisotopic (exact) mass is 479 g/mol. The van der Waals surface area contributed by atoms with E-state index in [4.69, 9.17) is 33.3 Å². The number of nitrogens with one attached hydrogen (secondary N) is 2. The molecule has 1 aromatic carbocycles. The number of thiophene rings is 1. The van der Waals surface area contributed by atoms with Crippen molar-refractivity contribution in [2.75, 3.05) is 32.2 Å². The number of allylic oxidation sites excluding steroid dienone is 1. The predicted octanol–water partition coefficient (Wildman–Crippen LogP) is 4.98. The molecule has 1 aliphatic heterocycles. The standard InChI is InChI=1S/C22H26ClN3O3S2/c1-4-29-10-5-9-26-14(2)19(20(25-22(26)30)15-8-11-31-13-15)21(27)24-17-7-6-16(23)12-18(17)28-3/h6-8,11-13,20H,4-5,9-10H2,1-3H3,(H,24,27)(H,25,30). The molecule has 3 rings (SSSR count). The van der Waals surface area contributed by atoms with Gasteiger partial charge in [0.25, 0.3) is 5.91 Å². The fourth-order valence-corrected chi connectivity index (χ4v) is 4.66. The van der Waals surface area contributed by atoms with Crippen LogP contribution in [0.2, 0.25) is 5.02 Å². The minimum atomic E-state index is -0.333. The van der Waals surface area contributed by atoms with Crippen molar-refractivity contribution in [2.45, 2.75) is 26.3 Å². The third kappa shape index (κ3) is 5.57. The quantitative estimate of drug-likeness (QED) is 0.390. The lowest BCUT2D eigenvalue weighted by atomic mass is 9.96. The fourth-order valence-electron chi connectivity index (χ4n) is 3.46. The van der Waals surface area contributed by atoms with Crippen molar-refractivity contribution in [3.63, 3.8) is 0 Å². The van der Waals surface area contributed by atoms with Crippen LogP contribution in [0.4, 0.5) is 5.69 Å². The summed E-state index contributed by atoms with van der Waals surface area (Å²) in [5.41, 5.74) is 2.98. The summed E-state index contributed by atoms with van der Waals surface area (Å²) in [4.78, 5) is 15.4. The normalized spacial score (nSPS) is 16.3. The van der Waals surface area contributed by atoms with Crippen molar-refractivity contribution >= 4 is 51.9 Å². The third-order valence-electron chi connectivity index (χ3n) is 5.00. The number of carbonyl (C=O) groups is 1. The number of nitrogens with zero attached hydrogens (tertiary/aromatic N) is 1. The lowest BCUT2D eigenvalue weighted by Crippen LogP contribution is -2.48. The van der Waals surface area contributed by atoms with E-state index in [-0.39, 0.29) is 11.9 Å². The summed E-state index contributed by atoms with van der Waals surface area (Å²) in [5, 5.41) is 11.5. The first-order valence-corrected chi connectivity index (χ1v) is 11.7. The number of methoxy groups -OCH3 is 1. The number of carbonyl (C=O) groups excluding carboxylic acids is 1. The molecule has 0 spiro atoms. The van der Waals surface area contributed by atoms with Crippen LogP contribution in [0, 0.1) is 0 Å². The van der Waals surface area contributed by atoms with Crippen LogP contribution in [0.5, 0.6) is 5.75 Å². The number of rotatable bonds is 9. The van der Waals surface area contributed by atoms with Gasteiger partial charge in [0, 0.05) is 36.5 Å². The molecular formula is C22H26ClN3O3S2. The number of halogens is 1. The predicted molar refractivity (Wildman–Crippen MR) is 130 cm³/mol. The van der Waals surface area contributed by atoms with Gasteiger partial charge in [-0.05, 0) is 67.0 Å². The molecule has 2 heterocycles. The molecule has 0 radical (unpaired) electrons. The second-order valence-electron chi connectivity index (χ2n) is 6.94. The van der Waals surface area contributed by atoms with Crippen molar-refractivity contribution in [3.8, 4) is 5.75 Å². The van der Waals surface area contributed by atoms with Crippen molar-refractivity contribution in [1.29, 1.82) is 0 Å². The zero-order chi connectivity index (χ0) is 22.4. The van der Waals surface area contributed by atoms with Gasteiger partial charge in [0.05, 0.1) is 24.4 Å². The molecule has 6 nitrogen and oxygen atoms in total. The Bertz CT molecular complexity index is 963. The maximum Gasteiger partial charge on any atom is 0.255 e. The van der Waals surface area contributed by atoms with E-state index >= 15 is 0 Å². The summed E-state index contributed by atoms with van der Waals surface area (Å²) in [6.07, 6.45) is 0.802. The number of hydrogen-bond acceptors (Lipinski definition) is 5. The maximum absolute atomic E-state index is 13.5. The van der Waals surface area contributed by atoms with Crippen LogP contribution in [0.25, 0.3) is 0 Å². The van der Waals surface area contributed by atoms with Gasteiger partial charge >= 0.3 is 0 Å². The Morgan fingerprint density at radius 1 is 1.39 bits per heavy atom. The van der Waals surface area contributed by atoms with Gasteiger partial charge < -0.3 is 25.0 Å². The van der Waals surface area contributed by atoms with Gasteiger partial charge in [-0.3, -0.25) is 4.79 Å². The lowest BCUT2D eigenvalue weighted by Gasteiger charge is -2.37. The van der Waals surface area contributed by atoms with E-state index in [9.17, 15) is 4.79 Å². The molecule has 2 N–H and O–H groups in total. The van der Waals surface area contributed by atoms with Gasteiger partial charge in [-0.2, -0.15) is 11.3 Å². The highest BCUT2D eigenvalue weighted by molar-refractivity contribution is 7.80. The van der Waals surface area contributed by atoms with Gasteiger partial charge in [0.1, 0.15) is 5.75 Å². The van der Waals surface area contributed by atoms with Crippen LogP contribution in [0.1, 0.15) is 31.9 Å². The topological polar surface area (TPSA) is 62.8 Å². The highest BCUT2D eigenvalue weighted by atomic mass is 35.5. The number of amides is 1. The zero-order valence-electron chi connectivity index (χ0n) is 17.7. The summed E-state index contributed by atoms with van der Waals surface area (Å²) >= 11 is 13.3. The minimum absolute atomic E-state index is 0.223. The maximum atomic E-state index is 13.5. The third-order valence-corrected chi connectivity index (χ3v) is 6.28. The molecule has 0 saturated carbocycles. The smallest absolute Gasteiger partial charge is 0.255 e. The molecule has 0 fully saturated rings. The Labute approximate surface area is 197 Å². The zero-order valence-corrected chi connectivity index (χ0v) is 20.1. The van der Waals surface area contributed by atoms with Crippen LogP contribution in [-0.2, 0) is 9.53 Å². The van der Waals surface area contributed by atoms with Gasteiger partial charge in [-0.25, -0.2) is 0 Å². The number of hydrogen-bond donors (Lipinski definition) is 2. The molecular weight excluding hydrogens is 454 g/mol. The van der Waals surface area contributed by atoms with Crippen LogP contribution in [0.15, 0.2) is 46.3 Å². The summed E-state index contributed by atoms with van der Waals surface area (Å²) in [6.45, 7) is 5.88. The average Bonchev–Trinajstić information content (AvgIpc) is 3.28. The molecule has 166 valence electrons. The number of anilines is 1. The summed E-state index contributed by atoms with van der Waals surface area (Å²) < 4.78 is 10.8. The Balaban J connectivity index is 1.93. The van der Waals surface area contributed by atoms with E-state index in [0.29, 0.717) is 46.9 Å². The van der Waals surface area contributed by atoms with E-state index < -0.39 is 0 Å². The second-order valence-corrected chi connectivity index (χ2v) is 8.54. The first kappa shape index (κ1) is 23.5. The molecule has 0 bridgehead atoms. The minimum Gasteiger partial charge on any atom is -0.495 e. The Hall–Kier alpha value is -2.13. The molecule has 31 heavy (non-hydrogen) atoms. The highest BCUT2D eigenvalue weighted by Gasteiger charge is 2.34. The van der Waals surface area contributed by atoms with Crippen LogP contribution < -0.4 is 15.4 Å². The highest BCUT2D eigenvalue weighted by Crippen LogP contribution is 2.34. The molecule has 0 saturated heterocycles. The molecule has 2 aromatic rings. The van der Waals surface area contributed by atoms with Crippen molar-refractivity contribution in [3.05, 3.63) is 56.9 Å². The number of thiocarbonyl (C=S) groups is 1. The Morgan fingerprint density at radius 2 is 2.19 bits per heavy atom. The average molecular weight is 480 g/mol. The lowest BCUT2D eigenvalue weighted by molar-refractivity contribution is -0.113. The Kier molecular flexibility index (Phi) is 8.31. The molecule has 1 unspecified atom stereocenters. The van der Waals surface area contributed by atoms with Gasteiger partial charge in [0.15, 0.2) is 5.11 Å². The van der Waals surface area contributed by atoms with Gasteiger partial charge in [-0.15, -0.1) is 0 Å².